The zero-order valence-electron chi connectivity index (χ0n) is 8.05. The van der Waals surface area contributed by atoms with Crippen LogP contribution in [0.4, 0.5) is 17.6 Å². The Morgan fingerprint density at radius 3 is 2.67 bits per heavy atom. The highest BCUT2D eigenvalue weighted by molar-refractivity contribution is 4.98. The van der Waals surface area contributed by atoms with Crippen molar-refractivity contribution in [1.82, 2.24) is 15.1 Å². The van der Waals surface area contributed by atoms with Crippen LogP contribution in [0.25, 0.3) is 0 Å². The lowest BCUT2D eigenvalue weighted by molar-refractivity contribution is -0.125. The lowest BCUT2D eigenvalue weighted by Gasteiger charge is -2.15. The largest absolute Gasteiger partial charge is 0.319 e. The number of aromatic nitrogens is 2. The average Bonchev–Trinajstić information content (AvgIpc) is 2.51. The summed E-state index contributed by atoms with van der Waals surface area (Å²) in [5, 5.41) is 6.13. The number of hydrogen-bond donors (Lipinski definition) is 1. The van der Waals surface area contributed by atoms with Crippen molar-refractivity contribution in [3.8, 4) is 0 Å². The van der Waals surface area contributed by atoms with Gasteiger partial charge in [-0.15, -0.1) is 0 Å². The molecule has 0 saturated carbocycles. The van der Waals surface area contributed by atoms with E-state index in [2.05, 4.69) is 10.4 Å². The molecule has 0 bridgehead atoms. The van der Waals surface area contributed by atoms with E-state index in [1.54, 1.807) is 19.3 Å². The maximum Gasteiger partial charge on any atom is 0.319 e. The Hall–Kier alpha value is -1.11. The first-order valence-electron chi connectivity index (χ1n) is 4.27. The quantitative estimate of drug-likeness (QED) is 0.768. The van der Waals surface area contributed by atoms with Crippen molar-refractivity contribution in [3.63, 3.8) is 0 Å². The summed E-state index contributed by atoms with van der Waals surface area (Å²) in [5.74, 6) is -3.99. The van der Waals surface area contributed by atoms with Gasteiger partial charge in [-0.25, -0.2) is 8.78 Å². The first-order valence-corrected chi connectivity index (χ1v) is 4.27. The second-order valence-corrected chi connectivity index (χ2v) is 3.15. The molecular weight excluding hydrogens is 214 g/mol. The van der Waals surface area contributed by atoms with Gasteiger partial charge in [-0.1, -0.05) is 0 Å². The Balaban J connectivity index is 2.33. The molecule has 3 nitrogen and oxygen atoms in total. The van der Waals surface area contributed by atoms with Gasteiger partial charge in [0.2, 0.25) is 0 Å². The molecule has 15 heavy (non-hydrogen) atoms. The first kappa shape index (κ1) is 12.0. The minimum absolute atomic E-state index is 0.0448. The van der Waals surface area contributed by atoms with Crippen LogP contribution < -0.4 is 5.32 Å². The average molecular weight is 225 g/mol. The molecule has 0 atom stereocenters. The summed E-state index contributed by atoms with van der Waals surface area (Å²) in [6, 6.07) is 1.62. The van der Waals surface area contributed by atoms with E-state index < -0.39 is 18.9 Å². The topological polar surface area (TPSA) is 29.9 Å². The van der Waals surface area contributed by atoms with Gasteiger partial charge in [-0.05, 0) is 6.07 Å². The molecule has 0 fully saturated rings. The molecule has 7 heteroatoms. The van der Waals surface area contributed by atoms with E-state index in [4.69, 9.17) is 0 Å². The lowest BCUT2D eigenvalue weighted by Crippen LogP contribution is -2.38. The minimum atomic E-state index is -3.99. The van der Waals surface area contributed by atoms with Crippen LogP contribution in [-0.2, 0) is 13.6 Å². The molecule has 86 valence electrons. The highest BCUT2D eigenvalue weighted by Gasteiger charge is 2.39. The minimum Gasteiger partial charge on any atom is -0.305 e. The van der Waals surface area contributed by atoms with Crippen molar-refractivity contribution >= 4 is 0 Å². The molecule has 0 aliphatic carbocycles. The fourth-order valence-electron chi connectivity index (χ4n) is 0.992. The molecule has 0 aliphatic rings. The third-order valence-electron chi connectivity index (χ3n) is 1.75. The summed E-state index contributed by atoms with van der Waals surface area (Å²) in [6.07, 6.45) is -2.00. The van der Waals surface area contributed by atoms with Crippen LogP contribution in [0, 0.1) is 0 Å². The molecular formula is C8H11F4N3. The van der Waals surface area contributed by atoms with E-state index in [9.17, 15) is 17.6 Å². The highest BCUT2D eigenvalue weighted by atomic mass is 19.3. The van der Waals surface area contributed by atoms with Gasteiger partial charge in [-0.3, -0.25) is 4.68 Å². The summed E-state index contributed by atoms with van der Waals surface area (Å²) < 4.78 is 49.8. The maximum absolute atomic E-state index is 12.4. The fourth-order valence-corrected chi connectivity index (χ4v) is 0.992. The van der Waals surface area contributed by atoms with Gasteiger partial charge in [0, 0.05) is 19.8 Å². The smallest absolute Gasteiger partial charge is 0.305 e. The van der Waals surface area contributed by atoms with Gasteiger partial charge >= 0.3 is 12.3 Å². The monoisotopic (exact) mass is 225 g/mol. The number of aryl methyl sites for hydroxylation is 1. The zero-order valence-corrected chi connectivity index (χ0v) is 8.05. The number of rotatable bonds is 5. The first-order chi connectivity index (χ1) is 6.92. The second kappa shape index (κ2) is 4.61. The number of alkyl halides is 4. The van der Waals surface area contributed by atoms with Crippen LogP contribution in [0.1, 0.15) is 5.69 Å². The standard InChI is InChI=1S/C8H11F4N3/c1-15-3-2-6(14-15)4-13-5-8(11,12)7(9)10/h2-3,7,13H,4-5H2,1H3. The van der Waals surface area contributed by atoms with Crippen LogP contribution >= 0.6 is 0 Å². The van der Waals surface area contributed by atoms with Crippen molar-refractivity contribution in [2.24, 2.45) is 7.05 Å². The Bertz CT molecular complexity index is 311. The normalized spacial score (nSPS) is 12.4. The number of nitrogens with zero attached hydrogens (tertiary/aromatic N) is 2. The van der Waals surface area contributed by atoms with Crippen molar-refractivity contribution in [2.75, 3.05) is 6.54 Å². The maximum atomic E-state index is 12.4. The Morgan fingerprint density at radius 2 is 2.20 bits per heavy atom. The SMILES string of the molecule is Cn1ccc(CNCC(F)(F)C(F)F)n1. The predicted octanol–water partition coefficient (Wildman–Crippen LogP) is 1.41. The van der Waals surface area contributed by atoms with Crippen LogP contribution in [0.5, 0.6) is 0 Å². The molecule has 0 amide bonds. The van der Waals surface area contributed by atoms with Gasteiger partial charge in [0.05, 0.1) is 12.2 Å². The molecule has 0 spiro atoms. The van der Waals surface area contributed by atoms with Crippen LogP contribution in [0.15, 0.2) is 12.3 Å². The van der Waals surface area contributed by atoms with E-state index in [0.717, 1.165) is 0 Å². The molecule has 1 N–H and O–H groups in total. The van der Waals surface area contributed by atoms with Crippen LogP contribution in [0.3, 0.4) is 0 Å². The Kier molecular flexibility index (Phi) is 3.67. The highest BCUT2D eigenvalue weighted by Crippen LogP contribution is 2.21. The second-order valence-electron chi connectivity index (χ2n) is 3.15. The van der Waals surface area contributed by atoms with Gasteiger partial charge in [0.25, 0.3) is 0 Å². The third kappa shape index (κ3) is 3.50. The molecule has 1 heterocycles. The van der Waals surface area contributed by atoms with Crippen molar-refractivity contribution in [3.05, 3.63) is 18.0 Å². The van der Waals surface area contributed by atoms with Crippen LogP contribution in [-0.4, -0.2) is 28.7 Å². The van der Waals surface area contributed by atoms with E-state index in [-0.39, 0.29) is 6.54 Å². The van der Waals surface area contributed by atoms with Crippen LogP contribution in [0.2, 0.25) is 0 Å². The van der Waals surface area contributed by atoms with Gasteiger partial charge in [-0.2, -0.15) is 13.9 Å². The van der Waals surface area contributed by atoms with E-state index in [1.165, 1.54) is 4.68 Å². The Morgan fingerprint density at radius 1 is 1.53 bits per heavy atom. The predicted molar refractivity (Wildman–Crippen MR) is 45.9 cm³/mol. The summed E-state index contributed by atoms with van der Waals surface area (Å²) in [5.41, 5.74) is 0.530. The van der Waals surface area contributed by atoms with Crippen molar-refractivity contribution in [1.29, 1.82) is 0 Å². The van der Waals surface area contributed by atoms with E-state index in [0.29, 0.717) is 5.69 Å². The summed E-state index contributed by atoms with van der Waals surface area (Å²) in [7, 11) is 1.68. The Labute approximate surface area is 84.1 Å². The van der Waals surface area contributed by atoms with Crippen molar-refractivity contribution in [2.45, 2.75) is 18.9 Å². The molecule has 0 aliphatic heterocycles. The molecule has 1 aromatic heterocycles. The van der Waals surface area contributed by atoms with Gasteiger partial charge < -0.3 is 5.32 Å². The third-order valence-corrected chi connectivity index (χ3v) is 1.75. The van der Waals surface area contributed by atoms with Gasteiger partial charge in [0.15, 0.2) is 0 Å². The van der Waals surface area contributed by atoms with Gasteiger partial charge in [0.1, 0.15) is 0 Å². The van der Waals surface area contributed by atoms with Crippen molar-refractivity contribution < 1.29 is 17.6 Å². The molecule has 0 saturated heterocycles. The molecule has 0 unspecified atom stereocenters. The summed E-state index contributed by atoms with van der Waals surface area (Å²) in [4.78, 5) is 0. The summed E-state index contributed by atoms with van der Waals surface area (Å²) in [6.45, 7) is -1.01. The van der Waals surface area contributed by atoms with E-state index >= 15 is 0 Å². The molecule has 0 radical (unpaired) electrons. The zero-order chi connectivity index (χ0) is 11.5. The summed E-state index contributed by atoms with van der Waals surface area (Å²) >= 11 is 0. The molecule has 1 rings (SSSR count). The number of nitrogens with one attached hydrogen (secondary N) is 1. The fraction of sp³-hybridized carbons (Fsp3) is 0.625. The number of halogens is 4. The lowest BCUT2D eigenvalue weighted by atomic mass is 10.3. The molecule has 1 aromatic rings. The van der Waals surface area contributed by atoms with E-state index in [1.807, 2.05) is 0 Å². The molecule has 0 aromatic carbocycles. The number of hydrogen-bond acceptors (Lipinski definition) is 2.